The van der Waals surface area contributed by atoms with Crippen LogP contribution in [0.1, 0.15) is 13.3 Å². The molecule has 0 amide bonds. The number of nitrogens with one attached hydrogen (secondary N) is 1. The summed E-state index contributed by atoms with van der Waals surface area (Å²) >= 11 is 5.76. The van der Waals surface area contributed by atoms with Crippen LogP contribution in [0.2, 0.25) is 0 Å². The lowest BCUT2D eigenvalue weighted by Crippen LogP contribution is -2.70. The first-order valence-corrected chi connectivity index (χ1v) is 6.16. The molecule has 1 aliphatic heterocycles. The third kappa shape index (κ3) is 1.94. The third-order valence-corrected chi connectivity index (χ3v) is 4.42. The molecule has 0 radical (unpaired) electrons. The van der Waals surface area contributed by atoms with Crippen molar-refractivity contribution in [3.63, 3.8) is 0 Å². The molecular weight excluding hydrogens is 300 g/mol. The topological polar surface area (TPSA) is 21.3 Å². The van der Waals surface area contributed by atoms with Crippen molar-refractivity contribution in [1.29, 1.82) is 0 Å². The minimum Gasteiger partial charge on any atom is -0.377 e. The molecule has 4 atom stereocenters. The van der Waals surface area contributed by atoms with E-state index in [1.807, 2.05) is 0 Å². The van der Waals surface area contributed by atoms with E-state index in [0.717, 1.165) is 0 Å². The molecule has 1 saturated carbocycles. The number of halogens is 7. The molecule has 1 N–H and O–H groups in total. The number of piperidine rings is 1. The number of ether oxygens (including phenoxy) is 1. The fraction of sp³-hybridized carbons (Fsp3) is 1.00. The second-order valence-electron chi connectivity index (χ2n) is 4.75. The molecule has 2 rings (SSSR count). The predicted octanol–water partition coefficient (Wildman–Crippen LogP) is 2.85. The van der Waals surface area contributed by atoms with Crippen molar-refractivity contribution in [2.75, 3.05) is 6.61 Å². The highest BCUT2D eigenvalue weighted by Gasteiger charge is 2.81. The molecule has 0 aromatic carbocycles. The molecule has 2 fully saturated rings. The maximum atomic E-state index is 13.0. The van der Waals surface area contributed by atoms with Gasteiger partial charge in [-0.3, -0.25) is 5.32 Å². The van der Waals surface area contributed by atoms with Gasteiger partial charge in [-0.25, -0.2) is 0 Å². The van der Waals surface area contributed by atoms with Gasteiger partial charge in [0.25, 0.3) is 0 Å². The lowest BCUT2D eigenvalue weighted by molar-refractivity contribution is -0.321. The number of fused-ring (bicyclic) bond motifs is 2. The van der Waals surface area contributed by atoms with Crippen LogP contribution in [0.15, 0.2) is 0 Å². The Balaban J connectivity index is 2.37. The largest absolute Gasteiger partial charge is 0.415 e. The molecule has 9 heteroatoms. The summed E-state index contributed by atoms with van der Waals surface area (Å²) in [4.78, 5) is 0. The van der Waals surface area contributed by atoms with Crippen molar-refractivity contribution in [3.8, 4) is 0 Å². The quantitative estimate of drug-likeness (QED) is 0.625. The molecule has 0 aromatic heterocycles. The van der Waals surface area contributed by atoms with E-state index < -0.39 is 41.3 Å². The standard InChI is InChI=1S/C10H12ClF6NO/c1-2-19-5-3-4-6(11)7(5)18-8(4,9(12,13)14)10(15,16)17/h4-7,18H,2-3H2,1H3/t4-,5-,6+,7-/m1/s1. The van der Waals surface area contributed by atoms with Crippen molar-refractivity contribution >= 4 is 11.6 Å². The van der Waals surface area contributed by atoms with E-state index in [4.69, 9.17) is 16.3 Å². The Morgan fingerprint density at radius 1 is 1.21 bits per heavy atom. The Kier molecular flexibility index (Phi) is 3.51. The SMILES string of the molecule is CCO[C@@H]1C[C@@H]2[C@H](Cl)[C@@H]1NC2(C(F)(F)F)C(F)(F)F. The molecule has 1 saturated heterocycles. The first-order chi connectivity index (χ1) is 8.56. The van der Waals surface area contributed by atoms with Gasteiger partial charge in [-0.1, -0.05) is 0 Å². The first-order valence-electron chi connectivity index (χ1n) is 5.73. The summed E-state index contributed by atoms with van der Waals surface area (Å²) < 4.78 is 83.0. The van der Waals surface area contributed by atoms with Crippen LogP contribution in [0, 0.1) is 5.92 Å². The molecule has 0 spiro atoms. The number of rotatable bonds is 2. The van der Waals surface area contributed by atoms with E-state index in [1.165, 1.54) is 0 Å². The van der Waals surface area contributed by atoms with Crippen LogP contribution < -0.4 is 5.32 Å². The first kappa shape index (κ1) is 15.2. The third-order valence-electron chi connectivity index (χ3n) is 3.84. The van der Waals surface area contributed by atoms with Crippen LogP contribution in [0.25, 0.3) is 0 Å². The highest BCUT2D eigenvalue weighted by atomic mass is 35.5. The number of hydrogen-bond acceptors (Lipinski definition) is 2. The van der Waals surface area contributed by atoms with E-state index in [-0.39, 0.29) is 13.0 Å². The molecule has 2 bridgehead atoms. The summed E-state index contributed by atoms with van der Waals surface area (Å²) in [6, 6.07) is -1.14. The summed E-state index contributed by atoms with van der Waals surface area (Å²) in [7, 11) is 0. The molecule has 2 aliphatic rings. The summed E-state index contributed by atoms with van der Waals surface area (Å²) in [6.07, 6.45) is -12.0. The maximum Gasteiger partial charge on any atom is 0.415 e. The van der Waals surface area contributed by atoms with Crippen molar-refractivity contribution in [3.05, 3.63) is 0 Å². The summed E-state index contributed by atoms with van der Waals surface area (Å²) in [5, 5.41) is 0.411. The minimum atomic E-state index is -5.45. The number of hydrogen-bond donors (Lipinski definition) is 1. The molecule has 19 heavy (non-hydrogen) atoms. The summed E-state index contributed by atoms with van der Waals surface area (Å²) in [5.41, 5.74) is -3.93. The van der Waals surface area contributed by atoms with Crippen molar-refractivity contribution in [1.82, 2.24) is 5.32 Å². The zero-order chi connectivity index (χ0) is 14.6. The average Bonchev–Trinajstić information content (AvgIpc) is 2.68. The summed E-state index contributed by atoms with van der Waals surface area (Å²) in [5.74, 6) is -1.77. The van der Waals surface area contributed by atoms with E-state index in [9.17, 15) is 26.3 Å². The average molecular weight is 312 g/mol. The van der Waals surface area contributed by atoms with Crippen LogP contribution in [-0.4, -0.2) is 42.0 Å². The van der Waals surface area contributed by atoms with Crippen LogP contribution in [-0.2, 0) is 4.74 Å². The van der Waals surface area contributed by atoms with Gasteiger partial charge in [-0.15, -0.1) is 11.6 Å². The number of alkyl halides is 7. The van der Waals surface area contributed by atoms with E-state index >= 15 is 0 Å². The van der Waals surface area contributed by atoms with Gasteiger partial charge >= 0.3 is 12.4 Å². The van der Waals surface area contributed by atoms with Crippen LogP contribution in [0.5, 0.6) is 0 Å². The van der Waals surface area contributed by atoms with Crippen LogP contribution in [0.4, 0.5) is 26.3 Å². The molecule has 2 nitrogen and oxygen atoms in total. The Morgan fingerprint density at radius 2 is 1.74 bits per heavy atom. The zero-order valence-electron chi connectivity index (χ0n) is 9.78. The predicted molar refractivity (Wildman–Crippen MR) is 54.9 cm³/mol. The van der Waals surface area contributed by atoms with Crippen molar-refractivity contribution < 1.29 is 31.1 Å². The van der Waals surface area contributed by atoms with Gasteiger partial charge in [0, 0.05) is 12.5 Å². The van der Waals surface area contributed by atoms with Crippen molar-refractivity contribution in [2.45, 2.75) is 48.8 Å². The Labute approximate surface area is 110 Å². The molecule has 0 aromatic rings. The molecule has 112 valence electrons. The minimum absolute atomic E-state index is 0.213. The van der Waals surface area contributed by atoms with Gasteiger partial charge in [0.15, 0.2) is 0 Å². The zero-order valence-corrected chi connectivity index (χ0v) is 10.5. The van der Waals surface area contributed by atoms with Gasteiger partial charge in [0.05, 0.1) is 17.5 Å². The Hall–Kier alpha value is -0.210. The normalized spacial score (nSPS) is 37.9. The van der Waals surface area contributed by atoms with Gasteiger partial charge in [-0.05, 0) is 13.3 Å². The Morgan fingerprint density at radius 3 is 2.05 bits per heavy atom. The van der Waals surface area contributed by atoms with Gasteiger partial charge in [0.2, 0.25) is 5.54 Å². The smallest absolute Gasteiger partial charge is 0.377 e. The fourth-order valence-electron chi connectivity index (χ4n) is 3.07. The van der Waals surface area contributed by atoms with Gasteiger partial charge < -0.3 is 4.74 Å². The van der Waals surface area contributed by atoms with E-state index in [1.54, 1.807) is 12.2 Å². The lowest BCUT2D eigenvalue weighted by Gasteiger charge is -2.42. The van der Waals surface area contributed by atoms with Gasteiger partial charge in [-0.2, -0.15) is 26.3 Å². The monoisotopic (exact) mass is 311 g/mol. The van der Waals surface area contributed by atoms with Crippen LogP contribution in [0.3, 0.4) is 0 Å². The molecular formula is C10H12ClF6NO. The fourth-order valence-corrected chi connectivity index (χ4v) is 3.59. The van der Waals surface area contributed by atoms with Gasteiger partial charge in [0.1, 0.15) is 0 Å². The lowest BCUT2D eigenvalue weighted by atomic mass is 9.82. The second-order valence-corrected chi connectivity index (χ2v) is 5.26. The maximum absolute atomic E-state index is 13.0. The molecule has 0 unspecified atom stereocenters. The Bertz CT molecular complexity index is 343. The van der Waals surface area contributed by atoms with E-state index in [2.05, 4.69) is 0 Å². The van der Waals surface area contributed by atoms with Crippen molar-refractivity contribution in [2.24, 2.45) is 5.92 Å². The second kappa shape index (κ2) is 4.39. The highest BCUT2D eigenvalue weighted by molar-refractivity contribution is 6.22. The highest BCUT2D eigenvalue weighted by Crippen LogP contribution is 2.58. The summed E-state index contributed by atoms with van der Waals surface area (Å²) in [6.45, 7) is 1.83. The van der Waals surface area contributed by atoms with Crippen LogP contribution >= 0.6 is 11.6 Å². The van der Waals surface area contributed by atoms with E-state index in [0.29, 0.717) is 0 Å². The molecule has 1 aliphatic carbocycles. The molecule has 1 heterocycles.